The Morgan fingerprint density at radius 2 is 1.77 bits per heavy atom. The van der Waals surface area contributed by atoms with E-state index < -0.39 is 11.8 Å². The van der Waals surface area contributed by atoms with Gasteiger partial charge in [-0.25, -0.2) is 13.9 Å². The molecule has 1 saturated carbocycles. The second kappa shape index (κ2) is 10.6. The van der Waals surface area contributed by atoms with Crippen molar-refractivity contribution < 1.29 is 9.50 Å². The molecule has 0 spiro atoms. The minimum atomic E-state index is -1.24. The summed E-state index contributed by atoms with van der Waals surface area (Å²) in [5.41, 5.74) is 11.1. The summed E-state index contributed by atoms with van der Waals surface area (Å²) in [5.74, 6) is 1.22. The lowest BCUT2D eigenvalue weighted by atomic mass is 9.81. The number of hydrogen-bond acceptors (Lipinski definition) is 6. The second-order valence-electron chi connectivity index (χ2n) is 10.6. The summed E-state index contributed by atoms with van der Waals surface area (Å²) >= 11 is 0. The number of nitrogens with zero attached hydrogens (tertiary/aromatic N) is 4. The van der Waals surface area contributed by atoms with Gasteiger partial charge in [0.15, 0.2) is 12.0 Å². The fraction of sp³-hybridized carbons (Fsp3) is 0.258. The molecule has 3 heterocycles. The highest BCUT2D eigenvalue weighted by Crippen LogP contribution is 2.40. The van der Waals surface area contributed by atoms with Crippen molar-refractivity contribution in [2.24, 2.45) is 5.92 Å². The van der Waals surface area contributed by atoms with Crippen LogP contribution in [-0.2, 0) is 0 Å². The van der Waals surface area contributed by atoms with Crippen LogP contribution in [0, 0.1) is 11.7 Å². The number of benzene rings is 2. The van der Waals surface area contributed by atoms with Crippen molar-refractivity contribution in [3.05, 3.63) is 107 Å². The monoisotopic (exact) mass is 538 g/mol. The standard InChI is InChI=1S/C31H31FN6O2/c1-19-4-6-21(7-5-19)27-17-26(28-29(33)34-18-35-38(27)28)20-8-12-23(13-9-20)36-30(39)25-3-2-16-37(31(25)40)24-14-10-22(32)11-15-24/h2-3,8-19,21,30,36,39H,4-7H2,1H3,(H2,33,34,35)/t19-,21-,30?. The van der Waals surface area contributed by atoms with Crippen molar-refractivity contribution in [2.75, 3.05) is 11.1 Å². The number of anilines is 2. The van der Waals surface area contributed by atoms with E-state index in [1.807, 2.05) is 28.8 Å². The smallest absolute Gasteiger partial charge is 0.262 e. The van der Waals surface area contributed by atoms with Gasteiger partial charge in [0, 0.05) is 34.7 Å². The summed E-state index contributed by atoms with van der Waals surface area (Å²) in [5, 5.41) is 18.4. The number of halogens is 1. The van der Waals surface area contributed by atoms with Crippen LogP contribution in [0.3, 0.4) is 0 Å². The summed E-state index contributed by atoms with van der Waals surface area (Å²) in [7, 11) is 0. The molecule has 204 valence electrons. The highest BCUT2D eigenvalue weighted by molar-refractivity contribution is 5.88. The van der Waals surface area contributed by atoms with E-state index in [2.05, 4.69) is 28.4 Å². The molecule has 1 fully saturated rings. The van der Waals surface area contributed by atoms with Crippen LogP contribution in [0.25, 0.3) is 22.3 Å². The van der Waals surface area contributed by atoms with Gasteiger partial charge in [-0.2, -0.15) is 5.10 Å². The number of aliphatic hydroxyl groups is 1. The first-order valence-electron chi connectivity index (χ1n) is 13.5. The molecule has 6 rings (SSSR count). The van der Waals surface area contributed by atoms with Crippen molar-refractivity contribution in [1.29, 1.82) is 0 Å². The minimum Gasteiger partial charge on any atom is -0.382 e. The predicted molar refractivity (Wildman–Crippen MR) is 154 cm³/mol. The van der Waals surface area contributed by atoms with Crippen molar-refractivity contribution in [2.45, 2.75) is 44.8 Å². The van der Waals surface area contributed by atoms with Gasteiger partial charge in [0.2, 0.25) is 0 Å². The summed E-state index contributed by atoms with van der Waals surface area (Å²) < 4.78 is 16.6. The van der Waals surface area contributed by atoms with Crippen LogP contribution in [0.15, 0.2) is 84.0 Å². The molecule has 9 heteroatoms. The Kier molecular flexibility index (Phi) is 6.81. The lowest BCUT2D eigenvalue weighted by Crippen LogP contribution is -2.26. The Labute approximate surface area is 230 Å². The van der Waals surface area contributed by atoms with Crippen LogP contribution in [0.2, 0.25) is 0 Å². The SMILES string of the molecule is C[C@H]1CC[C@H](c2cc(-c3ccc(NC(O)c4cccn(-c5ccc(F)cc5)c4=O)cc3)c3c(N)ncnn32)CC1. The Morgan fingerprint density at radius 3 is 2.50 bits per heavy atom. The molecule has 0 amide bonds. The molecule has 1 unspecified atom stereocenters. The van der Waals surface area contributed by atoms with Crippen LogP contribution in [-0.4, -0.2) is 24.3 Å². The van der Waals surface area contributed by atoms with Crippen LogP contribution in [0.1, 0.15) is 56.0 Å². The molecule has 1 aliphatic rings. The number of aromatic nitrogens is 4. The van der Waals surface area contributed by atoms with Crippen LogP contribution >= 0.6 is 0 Å². The van der Waals surface area contributed by atoms with E-state index >= 15 is 0 Å². The van der Waals surface area contributed by atoms with Crippen LogP contribution < -0.4 is 16.6 Å². The van der Waals surface area contributed by atoms with E-state index in [1.165, 1.54) is 48.0 Å². The van der Waals surface area contributed by atoms with Gasteiger partial charge in [-0.05, 0) is 78.9 Å². The van der Waals surface area contributed by atoms with Crippen molar-refractivity contribution >= 4 is 17.0 Å². The van der Waals surface area contributed by atoms with Gasteiger partial charge >= 0.3 is 0 Å². The topological polar surface area (TPSA) is 110 Å². The van der Waals surface area contributed by atoms with Gasteiger partial charge in [-0.3, -0.25) is 9.36 Å². The minimum absolute atomic E-state index is 0.172. The summed E-state index contributed by atoms with van der Waals surface area (Å²) in [6.45, 7) is 2.31. The fourth-order valence-electron chi connectivity index (χ4n) is 5.66. The molecule has 0 aliphatic heterocycles. The molecule has 1 atom stereocenters. The number of nitrogen functional groups attached to an aromatic ring is 1. The van der Waals surface area contributed by atoms with E-state index in [9.17, 15) is 14.3 Å². The average molecular weight is 539 g/mol. The number of hydrogen-bond donors (Lipinski definition) is 3. The lowest BCUT2D eigenvalue weighted by molar-refractivity contribution is 0.206. The Bertz CT molecular complexity index is 1700. The molecule has 0 radical (unpaired) electrons. The lowest BCUT2D eigenvalue weighted by Gasteiger charge is -2.25. The fourth-order valence-corrected chi connectivity index (χ4v) is 5.66. The van der Waals surface area contributed by atoms with Crippen molar-refractivity contribution in [1.82, 2.24) is 19.2 Å². The van der Waals surface area contributed by atoms with Crippen LogP contribution in [0.5, 0.6) is 0 Å². The maximum Gasteiger partial charge on any atom is 0.262 e. The average Bonchev–Trinajstić information content (AvgIpc) is 3.35. The van der Waals surface area contributed by atoms with Gasteiger partial charge in [-0.1, -0.05) is 31.9 Å². The predicted octanol–water partition coefficient (Wildman–Crippen LogP) is 5.67. The molecule has 0 saturated heterocycles. The molecule has 3 aromatic heterocycles. The van der Waals surface area contributed by atoms with Gasteiger partial charge in [-0.15, -0.1) is 0 Å². The maximum absolute atomic E-state index is 13.3. The second-order valence-corrected chi connectivity index (χ2v) is 10.6. The summed E-state index contributed by atoms with van der Waals surface area (Å²) in [6.07, 6.45) is 6.49. The zero-order valence-electron chi connectivity index (χ0n) is 22.2. The molecule has 0 bridgehead atoms. The van der Waals surface area contributed by atoms with Crippen LogP contribution in [0.4, 0.5) is 15.9 Å². The van der Waals surface area contributed by atoms with Crippen molar-refractivity contribution in [3.8, 4) is 16.8 Å². The largest absolute Gasteiger partial charge is 0.382 e. The number of nitrogens with two attached hydrogens (primary N) is 1. The number of nitrogens with one attached hydrogen (secondary N) is 1. The van der Waals surface area contributed by atoms with Gasteiger partial charge in [0.05, 0.1) is 5.56 Å². The Hall–Kier alpha value is -4.50. The maximum atomic E-state index is 13.3. The number of aliphatic hydroxyl groups excluding tert-OH is 1. The van der Waals surface area contributed by atoms with E-state index in [4.69, 9.17) is 5.73 Å². The molecule has 2 aromatic carbocycles. The first-order valence-corrected chi connectivity index (χ1v) is 13.5. The highest BCUT2D eigenvalue weighted by atomic mass is 19.1. The molecule has 4 N–H and O–H groups in total. The Balaban J connectivity index is 1.26. The zero-order valence-corrected chi connectivity index (χ0v) is 22.2. The summed E-state index contributed by atoms with van der Waals surface area (Å²) in [4.78, 5) is 17.3. The number of pyridine rings is 1. The first-order chi connectivity index (χ1) is 19.4. The van der Waals surface area contributed by atoms with E-state index in [-0.39, 0.29) is 11.4 Å². The normalized spacial score (nSPS) is 18.1. The zero-order chi connectivity index (χ0) is 27.8. The third-order valence-electron chi connectivity index (χ3n) is 7.92. The van der Waals surface area contributed by atoms with Crippen molar-refractivity contribution in [3.63, 3.8) is 0 Å². The van der Waals surface area contributed by atoms with Gasteiger partial charge in [0.25, 0.3) is 5.56 Å². The third-order valence-corrected chi connectivity index (χ3v) is 7.92. The van der Waals surface area contributed by atoms with E-state index in [1.54, 1.807) is 18.3 Å². The van der Waals surface area contributed by atoms with E-state index in [0.29, 0.717) is 23.1 Å². The molecule has 1 aliphatic carbocycles. The number of fused-ring (bicyclic) bond motifs is 1. The van der Waals surface area contributed by atoms with Gasteiger partial charge in [0.1, 0.15) is 17.7 Å². The first kappa shape index (κ1) is 25.8. The summed E-state index contributed by atoms with van der Waals surface area (Å²) in [6, 6.07) is 18.6. The Morgan fingerprint density at radius 1 is 1.05 bits per heavy atom. The molecular weight excluding hydrogens is 507 g/mol. The highest BCUT2D eigenvalue weighted by Gasteiger charge is 2.25. The molecular formula is C31H31FN6O2. The number of rotatable bonds is 6. The molecule has 8 nitrogen and oxygen atoms in total. The van der Waals surface area contributed by atoms with E-state index in [0.717, 1.165) is 41.1 Å². The van der Waals surface area contributed by atoms with Gasteiger partial charge < -0.3 is 16.2 Å². The molecule has 40 heavy (non-hydrogen) atoms. The quantitative estimate of drug-likeness (QED) is 0.241. The molecule has 5 aromatic rings. The third kappa shape index (κ3) is 4.84.